The van der Waals surface area contributed by atoms with E-state index in [4.69, 9.17) is 19.9 Å². The molecular weight excluding hydrogens is 1330 g/mol. The normalized spacial score (nSPS) is 13.5. The third kappa shape index (κ3) is 9.72. The van der Waals surface area contributed by atoms with Crippen LogP contribution in [-0.2, 0) is 10.8 Å². The van der Waals surface area contributed by atoms with Crippen LogP contribution in [0.25, 0.3) is 177 Å². The smallest absolute Gasteiger partial charge is 0.263 e. The molecule has 0 unspecified atom stereocenters. The highest BCUT2D eigenvalue weighted by Gasteiger charge is 2.37. The highest BCUT2D eigenvalue weighted by molar-refractivity contribution is 6.24. The van der Waals surface area contributed by atoms with Crippen LogP contribution in [0.15, 0.2) is 331 Å². The Balaban J connectivity index is 0.684. The van der Waals surface area contributed by atoms with Crippen LogP contribution in [0, 0.1) is 0 Å². The largest absolute Gasteiger partial charge is 0.340 e. The number of pyridine rings is 2. The molecule has 5 heterocycles. The van der Waals surface area contributed by atoms with Gasteiger partial charge in [0, 0.05) is 81.9 Å². The van der Waals surface area contributed by atoms with E-state index < -0.39 is 0 Å². The van der Waals surface area contributed by atoms with Gasteiger partial charge in [0.1, 0.15) is 5.84 Å². The van der Waals surface area contributed by atoms with Crippen LogP contribution in [-0.4, -0.2) is 29.6 Å². The molecule has 2 aliphatic carbocycles. The van der Waals surface area contributed by atoms with Crippen molar-refractivity contribution in [1.29, 1.82) is 0 Å². The second-order valence-corrected chi connectivity index (χ2v) is 30.2. The summed E-state index contributed by atoms with van der Waals surface area (Å²) in [7, 11) is 0. The van der Waals surface area contributed by atoms with Gasteiger partial charge in [-0.2, -0.15) is 0 Å². The van der Waals surface area contributed by atoms with Crippen molar-refractivity contribution in [3.63, 3.8) is 0 Å². The van der Waals surface area contributed by atoms with Crippen LogP contribution in [0.2, 0.25) is 0 Å². The van der Waals surface area contributed by atoms with Gasteiger partial charge in [-0.1, -0.05) is 271 Å². The molecule has 9 heteroatoms. The molecule has 1 N–H and O–H groups in total. The molecule has 21 rings (SSSR count). The van der Waals surface area contributed by atoms with Gasteiger partial charge in [0.2, 0.25) is 0 Å². The molecule has 0 amide bonds. The van der Waals surface area contributed by atoms with Crippen molar-refractivity contribution in [2.45, 2.75) is 38.5 Å². The zero-order valence-electron chi connectivity index (χ0n) is 60.3. The van der Waals surface area contributed by atoms with Gasteiger partial charge in [0.15, 0.2) is 17.5 Å². The summed E-state index contributed by atoms with van der Waals surface area (Å²) in [5.74, 6) is 2.06. The molecule has 0 aliphatic heterocycles. The molecule has 5 aromatic heterocycles. The van der Waals surface area contributed by atoms with E-state index in [1.165, 1.54) is 44.5 Å². The average Bonchev–Trinajstić information content (AvgIpc) is 1.57. The molecule has 0 radical (unpaired) electrons. The maximum absolute atomic E-state index is 15.8. The Morgan fingerprint density at radius 3 is 1.32 bits per heavy atom. The van der Waals surface area contributed by atoms with Crippen LogP contribution in [0.1, 0.15) is 66.6 Å². The fourth-order valence-corrected chi connectivity index (χ4v) is 17.8. The molecule has 9 nitrogen and oxygen atoms in total. The first-order chi connectivity index (χ1) is 53.2. The molecule has 0 saturated heterocycles. The van der Waals surface area contributed by atoms with E-state index >= 15 is 4.79 Å². The van der Waals surface area contributed by atoms with Crippen molar-refractivity contribution in [3.05, 3.63) is 376 Å². The number of amidine groups is 1. The van der Waals surface area contributed by atoms with Gasteiger partial charge >= 0.3 is 0 Å². The number of hydrogen-bond acceptors (Lipinski definition) is 6. The van der Waals surface area contributed by atoms with Gasteiger partial charge in [0.25, 0.3) is 11.1 Å². The molecule has 0 bridgehead atoms. The summed E-state index contributed by atoms with van der Waals surface area (Å²) >= 11 is 0. The van der Waals surface area contributed by atoms with Crippen LogP contribution < -0.4 is 16.4 Å². The Labute approximate surface area is 627 Å². The average molecular weight is 1400 g/mol. The minimum atomic E-state index is -0.188. The number of aliphatic imine (C=N–C) groups is 1. The SMILES string of the molecule is C=C(N=C(NC(=C)c1ccc2c(c1)c1cc(-c3nc(-c4ccccc4)nc(-c4ccc(-c5ccc6c(c5)c(=O)n5c7ccc(-c8ccc9c(c8)C(C)(C)c8ccccc8-9)cc7c7cc(-c8ccc9c(c8)C(C)(C)c8ccccc8-9)cc6c75)cc4)n3)cc3c4ccccc4c(=O)n2c31)c1ccccc1)c1ccccc1. The van der Waals surface area contributed by atoms with Crippen LogP contribution in [0.5, 0.6) is 0 Å². The number of hydrogen-bond donors (Lipinski definition) is 1. The van der Waals surface area contributed by atoms with Crippen molar-refractivity contribution in [1.82, 2.24) is 29.1 Å². The van der Waals surface area contributed by atoms with Crippen molar-refractivity contribution < 1.29 is 0 Å². The summed E-state index contributed by atoms with van der Waals surface area (Å²) in [6.45, 7) is 18.2. The monoisotopic (exact) mass is 1400 g/mol. The van der Waals surface area contributed by atoms with E-state index in [0.29, 0.717) is 45.5 Å². The predicted octanol–water partition coefficient (Wildman–Crippen LogP) is 23.2. The Bertz CT molecular complexity index is 7310. The fraction of sp³-hybridized carbons (Fsp3) is 0.0600. The molecule has 0 atom stereocenters. The molecule has 19 aromatic rings. The summed E-state index contributed by atoms with van der Waals surface area (Å²) in [6.07, 6.45) is 0. The number of nitrogens with zero attached hydrogens (tertiary/aromatic N) is 6. The summed E-state index contributed by atoms with van der Waals surface area (Å²) in [4.78, 5) is 51.5. The van der Waals surface area contributed by atoms with E-state index in [1.54, 1.807) is 0 Å². The first kappa shape index (κ1) is 63.5. The number of rotatable bonds is 11. The zero-order chi connectivity index (χ0) is 73.3. The number of benzene rings is 14. The third-order valence-corrected chi connectivity index (χ3v) is 23.4. The Morgan fingerprint density at radius 2 is 0.706 bits per heavy atom. The Kier molecular flexibility index (Phi) is 13.8. The minimum absolute atomic E-state index is 0.0685. The van der Waals surface area contributed by atoms with E-state index in [0.717, 1.165) is 132 Å². The van der Waals surface area contributed by atoms with E-state index in [1.807, 2.05) is 136 Å². The van der Waals surface area contributed by atoms with Gasteiger partial charge in [-0.05, 0) is 173 Å². The first-order valence-electron chi connectivity index (χ1n) is 37.0. The first-order valence-corrected chi connectivity index (χ1v) is 37.0. The Hall–Kier alpha value is -14.0. The van der Waals surface area contributed by atoms with Crippen molar-refractivity contribution in [3.8, 4) is 89.8 Å². The minimum Gasteiger partial charge on any atom is -0.340 e. The zero-order valence-corrected chi connectivity index (χ0v) is 60.3. The molecule has 14 aromatic carbocycles. The topological polar surface area (TPSA) is 106 Å². The van der Waals surface area contributed by atoms with Crippen LogP contribution in [0.4, 0.5) is 0 Å². The van der Waals surface area contributed by atoms with Crippen molar-refractivity contribution in [2.75, 3.05) is 0 Å². The third-order valence-electron chi connectivity index (χ3n) is 23.4. The number of aromatic nitrogens is 5. The maximum Gasteiger partial charge on any atom is 0.263 e. The summed E-state index contributed by atoms with van der Waals surface area (Å²) in [5.41, 5.74) is 25.7. The van der Waals surface area contributed by atoms with E-state index in [9.17, 15) is 4.79 Å². The number of nitrogens with one attached hydrogen (secondary N) is 1. The Morgan fingerprint density at radius 1 is 0.312 bits per heavy atom. The van der Waals surface area contributed by atoms with Gasteiger partial charge in [-0.25, -0.2) is 19.9 Å². The summed E-state index contributed by atoms with van der Waals surface area (Å²) in [6, 6.07) is 105. The van der Waals surface area contributed by atoms with E-state index in [2.05, 4.69) is 222 Å². The van der Waals surface area contributed by atoms with Gasteiger partial charge < -0.3 is 5.32 Å². The van der Waals surface area contributed by atoms with Gasteiger partial charge in [0.05, 0.1) is 27.8 Å². The lowest BCUT2D eigenvalue weighted by molar-refractivity contribution is 0.660. The molecular formula is C100H67N7O2. The second kappa shape index (κ2) is 23.7. The predicted molar refractivity (Wildman–Crippen MR) is 450 cm³/mol. The molecule has 514 valence electrons. The highest BCUT2D eigenvalue weighted by atomic mass is 16.1. The molecule has 0 fully saturated rings. The molecule has 2 aliphatic rings. The molecule has 0 saturated carbocycles. The summed E-state index contributed by atoms with van der Waals surface area (Å²) < 4.78 is 3.81. The second-order valence-electron chi connectivity index (χ2n) is 30.2. The van der Waals surface area contributed by atoms with Crippen LogP contribution >= 0.6 is 0 Å². The van der Waals surface area contributed by atoms with E-state index in [-0.39, 0.29) is 21.9 Å². The molecule has 109 heavy (non-hydrogen) atoms. The lowest BCUT2D eigenvalue weighted by atomic mass is 9.81. The highest BCUT2D eigenvalue weighted by Crippen LogP contribution is 2.52. The lowest BCUT2D eigenvalue weighted by Crippen LogP contribution is -2.22. The quantitative estimate of drug-likeness (QED) is 0.0786. The maximum atomic E-state index is 15.8. The van der Waals surface area contributed by atoms with Gasteiger partial charge in [-0.3, -0.25) is 18.4 Å². The van der Waals surface area contributed by atoms with Gasteiger partial charge in [-0.15, -0.1) is 0 Å². The van der Waals surface area contributed by atoms with Crippen LogP contribution in [0.3, 0.4) is 0 Å². The van der Waals surface area contributed by atoms with Crippen molar-refractivity contribution in [2.24, 2.45) is 4.99 Å². The summed E-state index contributed by atoms with van der Waals surface area (Å²) in [5, 5.41) is 12.2. The standard InChI is InChI=1S/C100H67N7O2/c1-57(59-22-10-7-11-23-59)101-93(61-24-12-8-13-25-61)102-58(2)64-41-46-89-78(48-64)83-54-70(53-81-71-28-16-17-31-77(71)97(108)106(89)92(81)83)96-104-94(62-26-14-9-15-27-62)103-95(105-96)63-36-34-60(35-37-63)65-38-43-72-80-51-69(68-40-45-76-74-30-19-21-33-86(74)100(5,6)88(76)56-68)52-82-79-49-66(42-47-90(79)107(91(80)82)98(109)84(72)50-65)67-39-44-75-73-29-18-20-32-85(73)99(3,4)87(75)55-67/h7-56H,1-2H2,3-6H3,(H,101,102). The number of fused-ring (bicyclic) bond motifs is 16. The van der Waals surface area contributed by atoms with Crippen molar-refractivity contribution >= 4 is 93.2 Å². The lowest BCUT2D eigenvalue weighted by Gasteiger charge is -2.22. The fourth-order valence-electron chi connectivity index (χ4n) is 17.8. The molecule has 0 spiro atoms.